The van der Waals surface area contributed by atoms with E-state index in [1.807, 2.05) is 30.3 Å². The Labute approximate surface area is 131 Å². The first kappa shape index (κ1) is 19.4. The zero-order chi connectivity index (χ0) is 14.8. The van der Waals surface area contributed by atoms with Crippen LogP contribution in [0, 0.1) is 0 Å². The van der Waals surface area contributed by atoms with Crippen LogP contribution in [0.25, 0.3) is 0 Å². The summed E-state index contributed by atoms with van der Waals surface area (Å²) in [5.74, 6) is -0.575. The molecule has 0 aliphatic rings. The first-order valence-corrected chi connectivity index (χ1v) is 6.62. The highest BCUT2D eigenvalue weighted by Crippen LogP contribution is 2.04. The normalized spacial score (nSPS) is 11.1. The molecule has 6 heteroatoms. The van der Waals surface area contributed by atoms with Crippen molar-refractivity contribution < 1.29 is 19.1 Å². The minimum Gasteiger partial charge on any atom is -0.464 e. The van der Waals surface area contributed by atoms with E-state index in [1.54, 1.807) is 7.05 Å². The van der Waals surface area contributed by atoms with Gasteiger partial charge in [-0.05, 0) is 19.0 Å². The Morgan fingerprint density at radius 3 is 2.43 bits per heavy atom. The SMILES string of the molecule is CN[C@@H](CCC(=O)OCc1ccccc1)COC(C)=O.Cl. The van der Waals surface area contributed by atoms with Gasteiger partial charge in [-0.3, -0.25) is 9.59 Å². The van der Waals surface area contributed by atoms with Gasteiger partial charge >= 0.3 is 11.9 Å². The molecule has 21 heavy (non-hydrogen) atoms. The molecule has 0 unspecified atom stereocenters. The van der Waals surface area contributed by atoms with Crippen LogP contribution in [0.15, 0.2) is 30.3 Å². The summed E-state index contributed by atoms with van der Waals surface area (Å²) >= 11 is 0. The largest absolute Gasteiger partial charge is 0.464 e. The van der Waals surface area contributed by atoms with E-state index in [4.69, 9.17) is 9.47 Å². The van der Waals surface area contributed by atoms with Gasteiger partial charge < -0.3 is 14.8 Å². The van der Waals surface area contributed by atoms with Gasteiger partial charge in [0.2, 0.25) is 0 Å². The van der Waals surface area contributed by atoms with Crippen molar-refractivity contribution >= 4 is 24.3 Å². The van der Waals surface area contributed by atoms with Gasteiger partial charge in [0, 0.05) is 19.4 Å². The minimum atomic E-state index is -0.322. The van der Waals surface area contributed by atoms with E-state index in [2.05, 4.69) is 5.32 Å². The van der Waals surface area contributed by atoms with Crippen LogP contribution in [-0.2, 0) is 25.7 Å². The molecule has 0 aromatic heterocycles. The lowest BCUT2D eigenvalue weighted by Gasteiger charge is -2.15. The van der Waals surface area contributed by atoms with Gasteiger partial charge in [0.25, 0.3) is 0 Å². The molecule has 0 heterocycles. The quantitative estimate of drug-likeness (QED) is 0.744. The predicted octanol–water partition coefficient (Wildman–Crippen LogP) is 2.08. The number of rotatable bonds is 8. The maximum atomic E-state index is 11.6. The monoisotopic (exact) mass is 315 g/mol. The lowest BCUT2D eigenvalue weighted by Crippen LogP contribution is -2.31. The molecule has 1 atom stereocenters. The first-order chi connectivity index (χ1) is 9.61. The highest BCUT2D eigenvalue weighted by Gasteiger charge is 2.11. The third-order valence-corrected chi connectivity index (χ3v) is 2.84. The van der Waals surface area contributed by atoms with Crippen LogP contribution < -0.4 is 5.32 Å². The minimum absolute atomic E-state index is 0. The number of esters is 2. The molecule has 0 radical (unpaired) electrons. The van der Waals surface area contributed by atoms with Gasteiger partial charge in [0.05, 0.1) is 0 Å². The van der Waals surface area contributed by atoms with Crippen molar-refractivity contribution in [2.45, 2.75) is 32.4 Å². The Kier molecular flexibility index (Phi) is 10.3. The third-order valence-electron chi connectivity index (χ3n) is 2.84. The van der Waals surface area contributed by atoms with Gasteiger partial charge in [-0.25, -0.2) is 0 Å². The molecule has 0 fully saturated rings. The molecule has 0 amide bonds. The predicted molar refractivity (Wildman–Crippen MR) is 82.2 cm³/mol. The molecule has 0 aliphatic carbocycles. The topological polar surface area (TPSA) is 64.6 Å². The Morgan fingerprint density at radius 1 is 1.19 bits per heavy atom. The smallest absolute Gasteiger partial charge is 0.306 e. The third kappa shape index (κ3) is 9.05. The van der Waals surface area contributed by atoms with E-state index in [1.165, 1.54) is 6.92 Å². The number of hydrogen-bond donors (Lipinski definition) is 1. The average molecular weight is 316 g/mol. The highest BCUT2D eigenvalue weighted by atomic mass is 35.5. The van der Waals surface area contributed by atoms with E-state index in [0.29, 0.717) is 12.8 Å². The van der Waals surface area contributed by atoms with Gasteiger partial charge in [0.1, 0.15) is 13.2 Å². The fraction of sp³-hybridized carbons (Fsp3) is 0.467. The lowest BCUT2D eigenvalue weighted by atomic mass is 10.1. The standard InChI is InChI=1S/C15H21NO4.ClH/c1-12(17)19-11-14(16-2)8-9-15(18)20-10-13-6-4-3-5-7-13;/h3-7,14,16H,8-11H2,1-2H3;1H/t14-;/m0./s1. The summed E-state index contributed by atoms with van der Waals surface area (Å²) in [5, 5.41) is 3.00. The van der Waals surface area contributed by atoms with Crippen molar-refractivity contribution in [2.24, 2.45) is 0 Å². The molecule has 0 spiro atoms. The second-order valence-corrected chi connectivity index (χ2v) is 4.47. The van der Waals surface area contributed by atoms with Gasteiger partial charge in [-0.15, -0.1) is 12.4 Å². The average Bonchev–Trinajstić information content (AvgIpc) is 2.46. The van der Waals surface area contributed by atoms with Crippen LogP contribution in [0.4, 0.5) is 0 Å². The highest BCUT2D eigenvalue weighted by molar-refractivity contribution is 5.85. The van der Waals surface area contributed by atoms with Crippen LogP contribution in [0.3, 0.4) is 0 Å². The summed E-state index contributed by atoms with van der Waals surface area (Å²) in [6.45, 7) is 1.91. The molecule has 0 bridgehead atoms. The summed E-state index contributed by atoms with van der Waals surface area (Å²) in [5.41, 5.74) is 0.964. The van der Waals surface area contributed by atoms with Gasteiger partial charge in [0.15, 0.2) is 0 Å². The van der Waals surface area contributed by atoms with E-state index in [0.717, 1.165) is 5.56 Å². The zero-order valence-electron chi connectivity index (χ0n) is 12.3. The van der Waals surface area contributed by atoms with Crippen molar-refractivity contribution in [1.82, 2.24) is 5.32 Å². The van der Waals surface area contributed by atoms with Crippen LogP contribution >= 0.6 is 12.4 Å². The van der Waals surface area contributed by atoms with Crippen LogP contribution in [0.1, 0.15) is 25.3 Å². The van der Waals surface area contributed by atoms with Crippen LogP contribution in [-0.4, -0.2) is 31.6 Å². The van der Waals surface area contributed by atoms with Gasteiger partial charge in [-0.1, -0.05) is 30.3 Å². The molecule has 5 nitrogen and oxygen atoms in total. The Balaban J connectivity index is 0.00000400. The van der Waals surface area contributed by atoms with Crippen molar-refractivity contribution in [3.63, 3.8) is 0 Å². The molecule has 1 rings (SSSR count). The zero-order valence-corrected chi connectivity index (χ0v) is 13.2. The summed E-state index contributed by atoms with van der Waals surface area (Å²) in [6.07, 6.45) is 0.858. The molecule has 1 N–H and O–H groups in total. The van der Waals surface area contributed by atoms with Crippen LogP contribution in [0.5, 0.6) is 0 Å². The Morgan fingerprint density at radius 2 is 1.86 bits per heavy atom. The maximum absolute atomic E-state index is 11.6. The summed E-state index contributed by atoms with van der Waals surface area (Å²) < 4.78 is 10.1. The molecule has 0 saturated carbocycles. The number of halogens is 1. The molecular weight excluding hydrogens is 294 g/mol. The molecule has 118 valence electrons. The number of benzene rings is 1. The van der Waals surface area contributed by atoms with Crippen molar-refractivity contribution in [1.29, 1.82) is 0 Å². The second-order valence-electron chi connectivity index (χ2n) is 4.47. The van der Waals surface area contributed by atoms with E-state index in [9.17, 15) is 9.59 Å². The number of carbonyl (C=O) groups excluding carboxylic acids is 2. The lowest BCUT2D eigenvalue weighted by molar-refractivity contribution is -0.145. The van der Waals surface area contributed by atoms with E-state index >= 15 is 0 Å². The van der Waals surface area contributed by atoms with Gasteiger partial charge in [-0.2, -0.15) is 0 Å². The number of ether oxygens (including phenoxy) is 2. The van der Waals surface area contributed by atoms with E-state index < -0.39 is 0 Å². The van der Waals surface area contributed by atoms with Crippen molar-refractivity contribution in [2.75, 3.05) is 13.7 Å². The van der Waals surface area contributed by atoms with Crippen LogP contribution in [0.2, 0.25) is 0 Å². The fourth-order valence-electron chi connectivity index (χ4n) is 1.63. The van der Waals surface area contributed by atoms with Crippen molar-refractivity contribution in [3.8, 4) is 0 Å². The van der Waals surface area contributed by atoms with E-state index in [-0.39, 0.29) is 43.6 Å². The maximum Gasteiger partial charge on any atom is 0.306 e. The number of hydrogen-bond acceptors (Lipinski definition) is 5. The molecule has 1 aromatic carbocycles. The number of carbonyl (C=O) groups is 2. The Hall–Kier alpha value is -1.59. The molecule has 0 saturated heterocycles. The summed E-state index contributed by atoms with van der Waals surface area (Å²) in [7, 11) is 1.77. The second kappa shape index (κ2) is 11.1. The number of nitrogens with one attached hydrogen (secondary N) is 1. The molecule has 1 aromatic rings. The fourth-order valence-corrected chi connectivity index (χ4v) is 1.63. The summed E-state index contributed by atoms with van der Waals surface area (Å²) in [4.78, 5) is 22.3. The Bertz CT molecular complexity index is 425. The first-order valence-electron chi connectivity index (χ1n) is 6.62. The summed E-state index contributed by atoms with van der Waals surface area (Å²) in [6, 6.07) is 9.49. The molecular formula is C15H22ClNO4. The number of likely N-dealkylation sites (N-methyl/N-ethyl adjacent to an activating group) is 1. The van der Waals surface area contributed by atoms with Crippen molar-refractivity contribution in [3.05, 3.63) is 35.9 Å². The molecule has 0 aliphatic heterocycles.